The minimum atomic E-state index is -3.63. The van der Waals surface area contributed by atoms with Gasteiger partial charge in [-0.05, 0) is 36.2 Å². The maximum atomic E-state index is 12.3. The van der Waals surface area contributed by atoms with Crippen LogP contribution in [0.1, 0.15) is 25.0 Å². The molecule has 0 aliphatic carbocycles. The molecular weight excluding hydrogens is 308 g/mol. The van der Waals surface area contributed by atoms with Gasteiger partial charge in [0.25, 0.3) is 10.0 Å². The topological polar surface area (TPSA) is 84.0 Å². The average Bonchev–Trinajstić information content (AvgIpc) is 2.96. The molecule has 0 amide bonds. The minimum Gasteiger partial charge on any atom is -0.313 e. The van der Waals surface area contributed by atoms with E-state index in [2.05, 4.69) is 27.2 Å². The van der Waals surface area contributed by atoms with Gasteiger partial charge in [0.15, 0.2) is 0 Å². The molecule has 2 aromatic rings. The Kier molecular flexibility index (Phi) is 5.27. The molecule has 0 saturated carbocycles. The molecule has 0 atom stereocenters. The number of anilines is 1. The average molecular weight is 326 g/mol. The predicted molar refractivity (Wildman–Crippen MR) is 83.9 cm³/mol. The largest absolute Gasteiger partial charge is 0.313 e. The van der Waals surface area contributed by atoms with Crippen molar-refractivity contribution in [3.8, 4) is 0 Å². The van der Waals surface area contributed by atoms with Crippen molar-refractivity contribution >= 4 is 26.5 Å². The van der Waals surface area contributed by atoms with Gasteiger partial charge in [-0.15, -0.1) is 10.2 Å². The summed E-state index contributed by atoms with van der Waals surface area (Å²) in [6.07, 6.45) is 0.866. The zero-order valence-electron chi connectivity index (χ0n) is 12.0. The van der Waals surface area contributed by atoms with Crippen molar-refractivity contribution < 1.29 is 8.42 Å². The third-order valence-corrected chi connectivity index (χ3v) is 5.09. The standard InChI is InChI=1S/C13H18N4O2S2/c1-3-10-5-6-12(7-11(10)8-14-4-2)21(18,19)17-13-16-15-9-20-13/h5-7,9,14H,3-4,8H2,1-2H3,(H,16,17). The molecular formula is C13H18N4O2S2. The third kappa shape index (κ3) is 3.99. The Morgan fingerprint density at radius 1 is 1.24 bits per heavy atom. The van der Waals surface area contributed by atoms with Crippen LogP contribution in [0.2, 0.25) is 0 Å². The van der Waals surface area contributed by atoms with Gasteiger partial charge >= 0.3 is 0 Å². The molecule has 0 aliphatic heterocycles. The number of hydrogen-bond donors (Lipinski definition) is 2. The van der Waals surface area contributed by atoms with Crippen molar-refractivity contribution in [3.63, 3.8) is 0 Å². The number of hydrogen-bond acceptors (Lipinski definition) is 6. The van der Waals surface area contributed by atoms with Gasteiger partial charge in [0.1, 0.15) is 5.51 Å². The van der Waals surface area contributed by atoms with Crippen LogP contribution in [-0.4, -0.2) is 25.2 Å². The predicted octanol–water partition coefficient (Wildman–Crippen LogP) is 2.01. The van der Waals surface area contributed by atoms with Crippen molar-refractivity contribution in [2.45, 2.75) is 31.7 Å². The van der Waals surface area contributed by atoms with Gasteiger partial charge in [0.05, 0.1) is 4.90 Å². The first-order chi connectivity index (χ1) is 10.1. The lowest BCUT2D eigenvalue weighted by atomic mass is 10.1. The van der Waals surface area contributed by atoms with Crippen LogP contribution in [0.3, 0.4) is 0 Å². The summed E-state index contributed by atoms with van der Waals surface area (Å²) < 4.78 is 27.1. The second kappa shape index (κ2) is 6.97. The fourth-order valence-electron chi connectivity index (χ4n) is 1.93. The van der Waals surface area contributed by atoms with Gasteiger partial charge in [-0.25, -0.2) is 8.42 Å². The van der Waals surface area contributed by atoms with E-state index in [9.17, 15) is 8.42 Å². The monoisotopic (exact) mass is 326 g/mol. The van der Waals surface area contributed by atoms with E-state index in [1.54, 1.807) is 12.1 Å². The summed E-state index contributed by atoms with van der Waals surface area (Å²) in [6, 6.07) is 5.20. The smallest absolute Gasteiger partial charge is 0.263 e. The number of benzene rings is 1. The van der Waals surface area contributed by atoms with Crippen LogP contribution in [0.15, 0.2) is 28.6 Å². The normalized spacial score (nSPS) is 11.5. The van der Waals surface area contributed by atoms with Crippen molar-refractivity contribution in [1.82, 2.24) is 15.5 Å². The van der Waals surface area contributed by atoms with Crippen LogP contribution in [-0.2, 0) is 23.0 Å². The van der Waals surface area contributed by atoms with Crippen LogP contribution in [0, 0.1) is 0 Å². The Balaban J connectivity index is 2.30. The SMILES string of the molecule is CCNCc1cc(S(=O)(=O)Nc2nncs2)ccc1CC. The van der Waals surface area contributed by atoms with E-state index in [-0.39, 0.29) is 10.0 Å². The van der Waals surface area contributed by atoms with Crippen LogP contribution < -0.4 is 10.0 Å². The summed E-state index contributed by atoms with van der Waals surface area (Å²) in [5, 5.41) is 10.8. The second-order valence-corrected chi connectivity index (χ2v) is 6.93. The Hall–Kier alpha value is -1.51. The second-order valence-electron chi connectivity index (χ2n) is 4.41. The highest BCUT2D eigenvalue weighted by Gasteiger charge is 2.17. The van der Waals surface area contributed by atoms with Gasteiger partial charge in [-0.3, -0.25) is 4.72 Å². The molecule has 2 rings (SSSR count). The molecule has 1 heterocycles. The molecule has 21 heavy (non-hydrogen) atoms. The highest BCUT2D eigenvalue weighted by Crippen LogP contribution is 2.20. The van der Waals surface area contributed by atoms with E-state index in [4.69, 9.17) is 0 Å². The zero-order valence-corrected chi connectivity index (χ0v) is 13.6. The molecule has 2 N–H and O–H groups in total. The number of nitrogens with one attached hydrogen (secondary N) is 2. The van der Waals surface area contributed by atoms with Gasteiger partial charge in [-0.2, -0.15) is 0 Å². The molecule has 8 heteroatoms. The van der Waals surface area contributed by atoms with Crippen molar-refractivity contribution in [3.05, 3.63) is 34.8 Å². The van der Waals surface area contributed by atoms with Gasteiger partial charge in [0.2, 0.25) is 5.13 Å². The summed E-state index contributed by atoms with van der Waals surface area (Å²) in [7, 11) is -3.63. The molecule has 0 spiro atoms. The maximum absolute atomic E-state index is 12.3. The Morgan fingerprint density at radius 2 is 2.05 bits per heavy atom. The number of nitrogens with zero attached hydrogens (tertiary/aromatic N) is 2. The Labute approximate surface area is 128 Å². The lowest BCUT2D eigenvalue weighted by Crippen LogP contribution is -2.16. The van der Waals surface area contributed by atoms with Gasteiger partial charge in [-0.1, -0.05) is 31.3 Å². The first-order valence-electron chi connectivity index (χ1n) is 6.68. The van der Waals surface area contributed by atoms with Crippen molar-refractivity contribution in [1.29, 1.82) is 0 Å². The summed E-state index contributed by atoms with van der Waals surface area (Å²) in [5.74, 6) is 0. The fourth-order valence-corrected chi connectivity index (χ4v) is 3.67. The maximum Gasteiger partial charge on any atom is 0.263 e. The molecule has 1 aromatic heterocycles. The van der Waals surface area contributed by atoms with E-state index in [0.717, 1.165) is 35.4 Å². The quantitative estimate of drug-likeness (QED) is 0.813. The summed E-state index contributed by atoms with van der Waals surface area (Å²) >= 11 is 1.15. The van der Waals surface area contributed by atoms with Crippen LogP contribution in [0.5, 0.6) is 0 Å². The van der Waals surface area contributed by atoms with Crippen molar-refractivity contribution in [2.24, 2.45) is 0 Å². The van der Waals surface area contributed by atoms with E-state index in [0.29, 0.717) is 6.54 Å². The molecule has 0 unspecified atom stereocenters. The highest BCUT2D eigenvalue weighted by atomic mass is 32.2. The minimum absolute atomic E-state index is 0.239. The van der Waals surface area contributed by atoms with Gasteiger partial charge < -0.3 is 5.32 Å². The van der Waals surface area contributed by atoms with Gasteiger partial charge in [0, 0.05) is 6.54 Å². The Morgan fingerprint density at radius 3 is 2.67 bits per heavy atom. The summed E-state index contributed by atoms with van der Waals surface area (Å²) in [6.45, 7) is 5.56. The molecule has 0 bridgehead atoms. The fraction of sp³-hybridized carbons (Fsp3) is 0.385. The van der Waals surface area contributed by atoms with E-state index in [1.165, 1.54) is 5.51 Å². The van der Waals surface area contributed by atoms with Crippen LogP contribution in [0.25, 0.3) is 0 Å². The zero-order chi connectivity index (χ0) is 15.3. The molecule has 0 fully saturated rings. The van der Waals surface area contributed by atoms with Crippen molar-refractivity contribution in [2.75, 3.05) is 11.3 Å². The molecule has 0 aliphatic rings. The number of aryl methyl sites for hydroxylation is 1. The highest BCUT2D eigenvalue weighted by molar-refractivity contribution is 7.93. The van der Waals surface area contributed by atoms with E-state index < -0.39 is 10.0 Å². The lowest BCUT2D eigenvalue weighted by molar-refractivity contribution is 0.600. The lowest BCUT2D eigenvalue weighted by Gasteiger charge is -2.11. The molecule has 0 radical (unpaired) electrons. The number of rotatable bonds is 7. The molecule has 1 aromatic carbocycles. The first-order valence-corrected chi connectivity index (χ1v) is 9.04. The first kappa shape index (κ1) is 15.9. The Bertz CT molecular complexity index is 684. The van der Waals surface area contributed by atoms with Crippen LogP contribution >= 0.6 is 11.3 Å². The van der Waals surface area contributed by atoms with Crippen LogP contribution in [0.4, 0.5) is 5.13 Å². The van der Waals surface area contributed by atoms with E-state index in [1.807, 2.05) is 13.0 Å². The molecule has 6 nitrogen and oxygen atoms in total. The summed E-state index contributed by atoms with van der Waals surface area (Å²) in [5.41, 5.74) is 3.62. The summed E-state index contributed by atoms with van der Waals surface area (Å²) in [4.78, 5) is 0.239. The number of sulfonamides is 1. The van der Waals surface area contributed by atoms with E-state index >= 15 is 0 Å². The molecule has 114 valence electrons. The number of aromatic nitrogens is 2. The third-order valence-electron chi connectivity index (χ3n) is 3.02. The molecule has 0 saturated heterocycles.